The van der Waals surface area contributed by atoms with Crippen molar-refractivity contribution < 1.29 is 19.2 Å². The van der Waals surface area contributed by atoms with Gasteiger partial charge in [-0.05, 0) is 124 Å². The molecule has 8 heteroatoms. The first-order valence-corrected chi connectivity index (χ1v) is 24.6. The maximum absolute atomic E-state index is 14.8. The van der Waals surface area contributed by atoms with Crippen molar-refractivity contribution in [2.75, 3.05) is 0 Å². The largest absolute Gasteiger partial charge is 0.310 e. The Bertz CT molecular complexity index is 1440. The summed E-state index contributed by atoms with van der Waals surface area (Å²) >= 11 is 0. The Kier molecular flexibility index (Phi) is 8.20. The number of ketones is 4. The van der Waals surface area contributed by atoms with Gasteiger partial charge in [0.2, 0.25) is 0 Å². The summed E-state index contributed by atoms with van der Waals surface area (Å²) in [6.07, 6.45) is 22.0. The van der Waals surface area contributed by atoms with Gasteiger partial charge in [0.15, 0.2) is 0 Å². The number of hydrogen-bond acceptors (Lipinski definition) is 8. The molecule has 56 heavy (non-hydrogen) atoms. The fourth-order valence-corrected chi connectivity index (χ4v) is 19.4. The van der Waals surface area contributed by atoms with Crippen LogP contribution in [0.1, 0.15) is 128 Å². The van der Waals surface area contributed by atoms with Gasteiger partial charge in [0.25, 0.3) is 0 Å². The molecule has 24 atom stereocenters. The zero-order chi connectivity index (χ0) is 37.1. The summed E-state index contributed by atoms with van der Waals surface area (Å²) in [5.41, 5.74) is 0. The van der Waals surface area contributed by atoms with E-state index in [-0.39, 0.29) is 95.7 Å². The molecule has 0 amide bonds. The van der Waals surface area contributed by atoms with Gasteiger partial charge < -0.3 is 21.3 Å². The maximum Gasteiger partial charge on any atom is 0.140 e. The topological polar surface area (TPSA) is 116 Å². The van der Waals surface area contributed by atoms with E-state index in [2.05, 4.69) is 21.3 Å². The molecule has 8 nitrogen and oxygen atoms in total. The molecule has 0 radical (unpaired) electrons. The molecule has 5 saturated heterocycles. The van der Waals surface area contributed by atoms with E-state index in [0.717, 1.165) is 77.0 Å². The summed E-state index contributed by atoms with van der Waals surface area (Å²) in [7, 11) is 0. The van der Waals surface area contributed by atoms with Crippen LogP contribution in [0.15, 0.2) is 0 Å². The van der Waals surface area contributed by atoms with Crippen LogP contribution >= 0.6 is 0 Å². The molecular formula is C48H68N4O4. The third-order valence-corrected chi connectivity index (χ3v) is 21.1. The fourth-order valence-electron chi connectivity index (χ4n) is 19.4. The Balaban J connectivity index is 0.970. The minimum absolute atomic E-state index is 0.0552. The SMILES string of the molecule is O=C1C2CCCCC2C2C3CC4C(=O)C5CCCCC5C(C5CC6C(=O)C7CCCCC7C(C7CC8C(=O)C9CCCCC9C(C9CC1C2N9)C8N7)C6N5)C4N3. The number of nitrogens with one attached hydrogen (secondary N) is 4. The van der Waals surface area contributed by atoms with Crippen LogP contribution in [0.25, 0.3) is 0 Å². The van der Waals surface area contributed by atoms with Crippen molar-refractivity contribution >= 4 is 23.1 Å². The van der Waals surface area contributed by atoms with Crippen LogP contribution in [-0.4, -0.2) is 71.5 Å². The van der Waals surface area contributed by atoms with Crippen LogP contribution in [0.5, 0.6) is 0 Å². The Hall–Kier alpha value is -1.48. The predicted octanol–water partition coefficient (Wildman–Crippen LogP) is 5.41. The molecule has 13 rings (SSSR count). The Morgan fingerprint density at radius 1 is 0.286 bits per heavy atom. The van der Waals surface area contributed by atoms with Gasteiger partial charge in [0, 0.05) is 95.7 Å². The van der Waals surface area contributed by atoms with Crippen molar-refractivity contribution in [1.82, 2.24) is 21.3 Å². The predicted molar refractivity (Wildman–Crippen MR) is 211 cm³/mol. The van der Waals surface area contributed by atoms with E-state index in [1.54, 1.807) is 0 Å². The maximum atomic E-state index is 14.8. The van der Waals surface area contributed by atoms with Gasteiger partial charge >= 0.3 is 0 Å². The fraction of sp³-hybridized carbons (Fsp3) is 0.917. The third-order valence-electron chi connectivity index (χ3n) is 21.1. The van der Waals surface area contributed by atoms with Crippen LogP contribution in [0.2, 0.25) is 0 Å². The van der Waals surface area contributed by atoms with Gasteiger partial charge in [0.1, 0.15) is 23.1 Å². The van der Waals surface area contributed by atoms with Crippen LogP contribution in [-0.2, 0) is 19.2 Å². The number of fused-ring (bicyclic) bond motifs is 16. The average molecular weight is 765 g/mol. The lowest BCUT2D eigenvalue weighted by atomic mass is 9.55. The minimum Gasteiger partial charge on any atom is -0.310 e. The number of rotatable bonds is 0. The van der Waals surface area contributed by atoms with Crippen molar-refractivity contribution in [2.45, 2.75) is 177 Å². The summed E-state index contributed by atoms with van der Waals surface area (Å²) in [4.78, 5) is 59.3. The molecule has 13 fully saturated rings. The van der Waals surface area contributed by atoms with Crippen molar-refractivity contribution in [3.63, 3.8) is 0 Å². The third kappa shape index (κ3) is 4.79. The van der Waals surface area contributed by atoms with E-state index in [4.69, 9.17) is 0 Å². The Labute approximate surface area is 334 Å². The van der Waals surface area contributed by atoms with Crippen molar-refractivity contribution in [1.29, 1.82) is 0 Å². The lowest BCUT2D eigenvalue weighted by molar-refractivity contribution is -0.138. The molecule has 0 aromatic rings. The zero-order valence-corrected chi connectivity index (χ0v) is 33.6. The van der Waals surface area contributed by atoms with Gasteiger partial charge in [-0.3, -0.25) is 19.2 Å². The summed E-state index contributed by atoms with van der Waals surface area (Å²) in [6, 6.07) is 1.66. The number of carbonyl (C=O) groups is 4. The molecule has 5 heterocycles. The first-order chi connectivity index (χ1) is 27.4. The smallest absolute Gasteiger partial charge is 0.140 e. The van der Waals surface area contributed by atoms with Gasteiger partial charge in [-0.25, -0.2) is 0 Å². The zero-order valence-electron chi connectivity index (χ0n) is 33.6. The lowest BCUT2D eigenvalue weighted by Gasteiger charge is -2.51. The van der Waals surface area contributed by atoms with Crippen molar-refractivity contribution in [3.05, 3.63) is 0 Å². The highest BCUT2D eigenvalue weighted by atomic mass is 16.1. The summed E-state index contributed by atoms with van der Waals surface area (Å²) in [5, 5.41) is 17.6. The van der Waals surface area contributed by atoms with Gasteiger partial charge in [0.05, 0.1) is 0 Å². The van der Waals surface area contributed by atoms with Gasteiger partial charge in [-0.15, -0.1) is 0 Å². The van der Waals surface area contributed by atoms with Crippen LogP contribution < -0.4 is 21.3 Å². The van der Waals surface area contributed by atoms with E-state index < -0.39 is 0 Å². The molecule has 5 aliphatic heterocycles. The van der Waals surface area contributed by atoms with Crippen LogP contribution in [0.4, 0.5) is 0 Å². The van der Waals surface area contributed by atoms with Crippen LogP contribution in [0, 0.1) is 94.7 Å². The molecule has 8 bridgehead atoms. The number of hydrogen-bond donors (Lipinski definition) is 4. The highest BCUT2D eigenvalue weighted by molar-refractivity contribution is 5.89. The normalized spacial score (nSPS) is 59.3. The molecule has 0 aromatic heterocycles. The Morgan fingerprint density at radius 3 is 0.732 bits per heavy atom. The molecular weight excluding hydrogens is 697 g/mol. The number of Topliss-reactive ketones (excluding diaryl/α,β-unsaturated/α-hetero) is 4. The summed E-state index contributed by atoms with van der Waals surface area (Å²) in [5.74, 6) is 6.14. The summed E-state index contributed by atoms with van der Waals surface area (Å²) < 4.78 is 0. The van der Waals surface area contributed by atoms with E-state index in [0.29, 0.717) is 70.5 Å². The van der Waals surface area contributed by atoms with Gasteiger partial charge in [-0.1, -0.05) is 51.4 Å². The standard InChI is InChI=1S/C48H68N4O4/c53-45-25-13-5-1-9-21(25)37-33-17-30-42(49-33)39(23-11-3-6-14-26(23)46(30)54)35-19-32-44(51-35)40(24-12-4-8-16-28(24)48(32)56)36-20-31-43(52-36)38(34-18-29(45)41(37)50-34)22-10-2-7-15-27(22)47(31)55/h21-44,49-52H,1-20H2. The molecule has 304 valence electrons. The van der Waals surface area contributed by atoms with E-state index >= 15 is 0 Å². The molecule has 24 unspecified atom stereocenters. The monoisotopic (exact) mass is 765 g/mol. The van der Waals surface area contributed by atoms with E-state index in [1.165, 1.54) is 51.4 Å². The minimum atomic E-state index is 0.0552. The molecule has 8 saturated carbocycles. The highest BCUT2D eigenvalue weighted by Gasteiger charge is 2.67. The highest BCUT2D eigenvalue weighted by Crippen LogP contribution is 2.59. The average Bonchev–Trinajstić information content (AvgIpc) is 4.05. The van der Waals surface area contributed by atoms with Crippen LogP contribution in [0.3, 0.4) is 0 Å². The van der Waals surface area contributed by atoms with E-state index in [1.807, 2.05) is 0 Å². The van der Waals surface area contributed by atoms with Crippen molar-refractivity contribution in [2.24, 2.45) is 94.7 Å². The molecule has 13 aliphatic rings. The first kappa shape index (κ1) is 35.3. The molecule has 0 spiro atoms. The molecule has 4 N–H and O–H groups in total. The van der Waals surface area contributed by atoms with Gasteiger partial charge in [-0.2, -0.15) is 0 Å². The lowest BCUT2D eigenvalue weighted by Crippen LogP contribution is -2.63. The Morgan fingerprint density at radius 2 is 0.500 bits per heavy atom. The molecule has 0 aromatic carbocycles. The quantitative estimate of drug-likeness (QED) is 0.259. The first-order valence-electron chi connectivity index (χ1n) is 24.6. The summed E-state index contributed by atoms with van der Waals surface area (Å²) in [6.45, 7) is 0. The van der Waals surface area contributed by atoms with E-state index in [9.17, 15) is 19.2 Å². The second-order valence-corrected chi connectivity index (χ2v) is 22.7. The second-order valence-electron chi connectivity index (χ2n) is 22.7. The van der Waals surface area contributed by atoms with Crippen molar-refractivity contribution in [3.8, 4) is 0 Å². The second kappa shape index (κ2) is 13.0. The number of carbonyl (C=O) groups excluding carboxylic acids is 4. The molecule has 8 aliphatic carbocycles.